The number of para-hydroxylation sites is 2. The topological polar surface area (TPSA) is 133 Å². The van der Waals surface area contributed by atoms with E-state index in [1.807, 2.05) is 26.0 Å². The van der Waals surface area contributed by atoms with E-state index < -0.39 is 16.1 Å². The molecule has 0 unspecified atom stereocenters. The number of carbonyl (C=O) groups is 2. The van der Waals surface area contributed by atoms with Crippen molar-refractivity contribution < 1.29 is 28.7 Å². The van der Waals surface area contributed by atoms with Crippen molar-refractivity contribution in [3.05, 3.63) is 52.6 Å². The van der Waals surface area contributed by atoms with Crippen LogP contribution in [0.1, 0.15) is 20.3 Å². The first-order valence-corrected chi connectivity index (χ1v) is 12.1. The average molecular weight is 517 g/mol. The molecule has 192 valence electrons. The fourth-order valence-electron chi connectivity index (χ4n) is 3.61. The molecular weight excluding hydrogens is 488 g/mol. The van der Waals surface area contributed by atoms with E-state index in [1.165, 1.54) is 37.3 Å². The SMILES string of the molecule is CCOc1ccccc1N=C1S[C@@H](CC(=O)Nc2ccc(OC)cc2[N+](=O)[O-])C(=O)N1[C@@H](C)COC. The second kappa shape index (κ2) is 12.4. The highest BCUT2D eigenvalue weighted by atomic mass is 32.2. The lowest BCUT2D eigenvalue weighted by atomic mass is 10.2. The van der Waals surface area contributed by atoms with Gasteiger partial charge in [0.05, 0.1) is 37.4 Å². The molecule has 1 aliphatic heterocycles. The number of thioether (sulfide) groups is 1. The van der Waals surface area contributed by atoms with Crippen molar-refractivity contribution in [2.45, 2.75) is 31.6 Å². The normalized spacial score (nSPS) is 17.2. The lowest BCUT2D eigenvalue weighted by Crippen LogP contribution is -2.42. The molecule has 36 heavy (non-hydrogen) atoms. The van der Waals surface area contributed by atoms with E-state index in [-0.39, 0.29) is 42.1 Å². The average Bonchev–Trinajstić information content (AvgIpc) is 3.14. The number of carbonyl (C=O) groups excluding carboxylic acids is 2. The molecule has 2 atom stereocenters. The van der Waals surface area contributed by atoms with Crippen molar-refractivity contribution >= 4 is 45.8 Å². The molecule has 11 nitrogen and oxygen atoms in total. The minimum atomic E-state index is -0.764. The van der Waals surface area contributed by atoms with Crippen LogP contribution in [-0.2, 0) is 14.3 Å². The third-order valence-electron chi connectivity index (χ3n) is 5.24. The van der Waals surface area contributed by atoms with Crippen LogP contribution in [-0.4, -0.2) is 65.5 Å². The summed E-state index contributed by atoms with van der Waals surface area (Å²) >= 11 is 1.16. The highest BCUT2D eigenvalue weighted by Crippen LogP contribution is 2.36. The standard InChI is InChI=1S/C24H28N4O7S/c1-5-35-20-9-7-6-8-18(20)26-24-27(15(2)14-33-3)23(30)21(36-24)13-22(29)25-17-11-10-16(34-4)12-19(17)28(31)32/h6-12,15,21H,5,13-14H2,1-4H3,(H,25,29)/t15-,21-/m0/s1. The molecule has 2 aromatic rings. The van der Waals surface area contributed by atoms with Gasteiger partial charge in [0.1, 0.15) is 28.1 Å². The molecule has 0 bridgehead atoms. The zero-order valence-corrected chi connectivity index (χ0v) is 21.2. The highest BCUT2D eigenvalue weighted by Gasteiger charge is 2.41. The number of benzene rings is 2. The summed E-state index contributed by atoms with van der Waals surface area (Å²) < 4.78 is 15.9. The van der Waals surface area contributed by atoms with Crippen molar-refractivity contribution in [2.24, 2.45) is 4.99 Å². The number of nitro benzene ring substituents is 1. The van der Waals surface area contributed by atoms with Gasteiger partial charge in [-0.3, -0.25) is 24.6 Å². The molecule has 3 rings (SSSR count). The number of nitrogens with zero attached hydrogens (tertiary/aromatic N) is 3. The number of nitrogens with one attached hydrogen (secondary N) is 1. The lowest BCUT2D eigenvalue weighted by molar-refractivity contribution is -0.384. The van der Waals surface area contributed by atoms with Crippen molar-refractivity contribution in [3.63, 3.8) is 0 Å². The molecule has 1 fully saturated rings. The second-order valence-electron chi connectivity index (χ2n) is 7.81. The summed E-state index contributed by atoms with van der Waals surface area (Å²) in [5.41, 5.74) is 0.270. The number of aliphatic imine (C=N–C) groups is 1. The zero-order valence-electron chi connectivity index (χ0n) is 20.4. The Bertz CT molecular complexity index is 1160. The van der Waals surface area contributed by atoms with E-state index in [0.717, 1.165) is 11.8 Å². The van der Waals surface area contributed by atoms with Gasteiger partial charge < -0.3 is 19.5 Å². The molecule has 0 saturated carbocycles. The van der Waals surface area contributed by atoms with Crippen LogP contribution < -0.4 is 14.8 Å². The fourth-order valence-corrected chi connectivity index (χ4v) is 4.85. The monoisotopic (exact) mass is 516 g/mol. The van der Waals surface area contributed by atoms with Gasteiger partial charge in [-0.2, -0.15) is 0 Å². The van der Waals surface area contributed by atoms with Crippen LogP contribution in [0.25, 0.3) is 0 Å². The van der Waals surface area contributed by atoms with E-state index in [4.69, 9.17) is 14.2 Å². The van der Waals surface area contributed by atoms with E-state index >= 15 is 0 Å². The quantitative estimate of drug-likeness (QED) is 0.350. The maximum Gasteiger partial charge on any atom is 0.296 e. The molecule has 0 aromatic heterocycles. The minimum Gasteiger partial charge on any atom is -0.496 e. The van der Waals surface area contributed by atoms with Crippen molar-refractivity contribution in [1.29, 1.82) is 0 Å². The van der Waals surface area contributed by atoms with Gasteiger partial charge in [-0.25, -0.2) is 4.99 Å². The Labute approximate surface area is 213 Å². The van der Waals surface area contributed by atoms with Gasteiger partial charge in [-0.15, -0.1) is 0 Å². The molecule has 12 heteroatoms. The van der Waals surface area contributed by atoms with Crippen LogP contribution in [0.4, 0.5) is 17.1 Å². The first-order chi connectivity index (χ1) is 17.3. The van der Waals surface area contributed by atoms with Gasteiger partial charge in [0.15, 0.2) is 5.17 Å². The van der Waals surface area contributed by atoms with Crippen LogP contribution in [0.15, 0.2) is 47.5 Å². The summed E-state index contributed by atoms with van der Waals surface area (Å²) in [5.74, 6) is 0.0334. The maximum absolute atomic E-state index is 13.3. The van der Waals surface area contributed by atoms with Crippen LogP contribution in [0, 0.1) is 10.1 Å². The van der Waals surface area contributed by atoms with E-state index in [9.17, 15) is 19.7 Å². The molecule has 2 amide bonds. The van der Waals surface area contributed by atoms with Crippen LogP contribution in [0.3, 0.4) is 0 Å². The third kappa shape index (κ3) is 6.32. The van der Waals surface area contributed by atoms with Crippen molar-refractivity contribution in [3.8, 4) is 11.5 Å². The first-order valence-electron chi connectivity index (χ1n) is 11.2. The van der Waals surface area contributed by atoms with Crippen molar-refractivity contribution in [2.75, 3.05) is 32.8 Å². The van der Waals surface area contributed by atoms with E-state index in [1.54, 1.807) is 12.1 Å². The molecule has 2 aromatic carbocycles. The first kappa shape index (κ1) is 27.0. The smallest absolute Gasteiger partial charge is 0.296 e. The van der Waals surface area contributed by atoms with Crippen LogP contribution in [0.2, 0.25) is 0 Å². The predicted molar refractivity (Wildman–Crippen MR) is 137 cm³/mol. The fraction of sp³-hybridized carbons (Fsp3) is 0.375. The number of hydrogen-bond donors (Lipinski definition) is 1. The molecular formula is C24H28N4O7S. The Hall–Kier alpha value is -3.64. The Morgan fingerprint density at radius 3 is 2.69 bits per heavy atom. The number of amides is 2. The number of methoxy groups -OCH3 is 2. The molecule has 1 aliphatic rings. The highest BCUT2D eigenvalue weighted by molar-refractivity contribution is 8.15. The van der Waals surface area contributed by atoms with Gasteiger partial charge in [-0.1, -0.05) is 23.9 Å². The third-order valence-corrected chi connectivity index (χ3v) is 6.39. The maximum atomic E-state index is 13.3. The van der Waals surface area contributed by atoms with Gasteiger partial charge >= 0.3 is 0 Å². The predicted octanol–water partition coefficient (Wildman–Crippen LogP) is 4.00. The minimum absolute atomic E-state index is 0.0189. The lowest BCUT2D eigenvalue weighted by Gasteiger charge is -2.23. The van der Waals surface area contributed by atoms with Gasteiger partial charge in [0.2, 0.25) is 11.8 Å². The molecule has 1 saturated heterocycles. The summed E-state index contributed by atoms with van der Waals surface area (Å²) in [5, 5.41) is 13.6. The summed E-state index contributed by atoms with van der Waals surface area (Å²) in [7, 11) is 2.93. The zero-order chi connectivity index (χ0) is 26.2. The molecule has 0 radical (unpaired) electrons. The van der Waals surface area contributed by atoms with Gasteiger partial charge in [0, 0.05) is 13.5 Å². The van der Waals surface area contributed by atoms with Crippen LogP contribution >= 0.6 is 11.8 Å². The molecule has 1 heterocycles. The summed E-state index contributed by atoms with van der Waals surface area (Å²) in [6.07, 6.45) is -0.199. The second-order valence-corrected chi connectivity index (χ2v) is 8.98. The number of rotatable bonds is 11. The Balaban J connectivity index is 1.84. The van der Waals surface area contributed by atoms with Crippen LogP contribution in [0.5, 0.6) is 11.5 Å². The number of ether oxygens (including phenoxy) is 3. The van der Waals surface area contributed by atoms with E-state index in [0.29, 0.717) is 23.2 Å². The summed E-state index contributed by atoms with van der Waals surface area (Å²) in [4.78, 5) is 43.2. The Morgan fingerprint density at radius 2 is 2.03 bits per heavy atom. The van der Waals surface area contributed by atoms with Gasteiger partial charge in [0.25, 0.3) is 5.69 Å². The van der Waals surface area contributed by atoms with E-state index in [2.05, 4.69) is 10.3 Å². The number of amidine groups is 1. The van der Waals surface area contributed by atoms with Crippen molar-refractivity contribution in [1.82, 2.24) is 4.90 Å². The van der Waals surface area contributed by atoms with Gasteiger partial charge in [-0.05, 0) is 38.1 Å². The Kier molecular flexibility index (Phi) is 9.25. The summed E-state index contributed by atoms with van der Waals surface area (Å²) in [6.45, 7) is 4.43. The molecule has 1 N–H and O–H groups in total. The Morgan fingerprint density at radius 1 is 1.28 bits per heavy atom. The molecule has 0 spiro atoms. The number of anilines is 1. The number of hydrogen-bond acceptors (Lipinski definition) is 9. The molecule has 0 aliphatic carbocycles. The summed E-state index contributed by atoms with van der Waals surface area (Å²) in [6, 6.07) is 11.0. The largest absolute Gasteiger partial charge is 0.496 e. The number of nitro groups is 1.